The number of nitrogens with zero attached hydrogens (tertiary/aromatic N) is 2. The van der Waals surface area contributed by atoms with Gasteiger partial charge < -0.3 is 37.0 Å². The average Bonchev–Trinajstić information content (AvgIpc) is 2.85. The summed E-state index contributed by atoms with van der Waals surface area (Å²) in [6, 6.07) is 1.97. The quantitative estimate of drug-likeness (QED) is 0.222. The van der Waals surface area contributed by atoms with Gasteiger partial charge in [-0.1, -0.05) is 49.0 Å². The van der Waals surface area contributed by atoms with Crippen molar-refractivity contribution in [2.24, 2.45) is 0 Å². The van der Waals surface area contributed by atoms with E-state index in [9.17, 15) is 0 Å². The lowest BCUT2D eigenvalue weighted by Gasteiger charge is -2.31. The first-order valence-corrected chi connectivity index (χ1v) is 17.4. The summed E-state index contributed by atoms with van der Waals surface area (Å²) in [6.07, 6.45) is 2.07. The molecule has 0 aromatic heterocycles. The molecule has 224 valence electrons. The molecular weight excluding hydrogens is 492 g/mol. The Bertz CT molecular complexity index is 422. The van der Waals surface area contributed by atoms with Crippen LogP contribution in [0.5, 0.6) is 0 Å². The van der Waals surface area contributed by atoms with Crippen LogP contribution in [0.25, 0.3) is 0 Å². The minimum absolute atomic E-state index is 0. The van der Waals surface area contributed by atoms with E-state index >= 15 is 0 Å². The van der Waals surface area contributed by atoms with Gasteiger partial charge in [-0.25, -0.2) is 0 Å². The van der Waals surface area contributed by atoms with Crippen molar-refractivity contribution in [2.75, 3.05) is 74.8 Å². The van der Waals surface area contributed by atoms with Crippen molar-refractivity contribution in [3.8, 4) is 0 Å². The lowest BCUT2D eigenvalue weighted by molar-refractivity contribution is 0.121. The van der Waals surface area contributed by atoms with Gasteiger partial charge in [-0.05, 0) is 77.5 Å². The third-order valence-electron chi connectivity index (χ3n) is 6.25. The van der Waals surface area contributed by atoms with Crippen LogP contribution in [0.3, 0.4) is 0 Å². The van der Waals surface area contributed by atoms with E-state index in [-0.39, 0.29) is 13.5 Å². The predicted octanol–water partition coefficient (Wildman–Crippen LogP) is 5.48. The molecule has 0 aromatic rings. The van der Waals surface area contributed by atoms with Crippen molar-refractivity contribution in [1.82, 2.24) is 9.80 Å². The summed E-state index contributed by atoms with van der Waals surface area (Å²) in [4.78, 5) is 4.84. The Balaban J connectivity index is -0.000000242. The molecule has 0 spiro atoms. The van der Waals surface area contributed by atoms with Crippen LogP contribution in [0, 0.1) is 0 Å². The van der Waals surface area contributed by atoms with E-state index in [2.05, 4.69) is 51.3 Å². The third kappa shape index (κ3) is 20.1. The summed E-state index contributed by atoms with van der Waals surface area (Å²) in [7, 11) is 4.31. The van der Waals surface area contributed by atoms with Crippen LogP contribution in [-0.2, 0) is 22.1 Å². The molecule has 1 N–H and O–H groups in total. The molecule has 10 heteroatoms. The zero-order valence-electron chi connectivity index (χ0n) is 25.6. The lowest BCUT2D eigenvalue weighted by atomic mass is 10.4. The highest BCUT2D eigenvalue weighted by molar-refractivity contribution is 6.68. The van der Waals surface area contributed by atoms with Crippen LogP contribution < -0.4 is 0 Å². The first-order valence-electron chi connectivity index (χ1n) is 13.4. The summed E-state index contributed by atoms with van der Waals surface area (Å²) in [6.45, 7) is 23.3. The molecule has 0 radical (unpaired) electrons. The first-order chi connectivity index (χ1) is 16.5. The summed E-state index contributed by atoms with van der Waals surface area (Å²) in [5, 5.41) is 8.06. The van der Waals surface area contributed by atoms with Gasteiger partial charge in [-0.2, -0.15) is 0 Å². The summed E-state index contributed by atoms with van der Waals surface area (Å²) in [5.74, 6) is 0. The molecule has 0 saturated carbocycles. The third-order valence-corrected chi connectivity index (χ3v) is 13.3. The number of hydrogen-bond donors (Lipinski definition) is 1. The van der Waals surface area contributed by atoms with E-state index in [4.69, 9.17) is 27.2 Å². The van der Waals surface area contributed by atoms with Gasteiger partial charge >= 0.3 is 17.4 Å². The van der Waals surface area contributed by atoms with E-state index in [0.29, 0.717) is 5.54 Å². The molecule has 0 saturated heterocycles. The van der Waals surface area contributed by atoms with Crippen LogP contribution in [-0.4, -0.2) is 113 Å². The van der Waals surface area contributed by atoms with Crippen LogP contribution >= 0.6 is 0 Å². The zero-order chi connectivity index (χ0) is 27.9. The highest BCUT2D eigenvalue weighted by atomic mass is 28.4. The summed E-state index contributed by atoms with van der Waals surface area (Å²) in [5.41, 5.74) is 0.513. The Morgan fingerprint density at radius 1 is 0.611 bits per heavy atom. The van der Waals surface area contributed by atoms with Crippen molar-refractivity contribution in [2.45, 2.75) is 99.4 Å². The fraction of sp³-hybridized carbons (Fsp3) is 1.00. The number of aliphatic hydroxyl groups is 1. The molecule has 0 atom stereocenters. The van der Waals surface area contributed by atoms with E-state index in [1.54, 1.807) is 49.4 Å². The smallest absolute Gasteiger partial charge is 0.397 e. The van der Waals surface area contributed by atoms with Gasteiger partial charge in [0.05, 0.1) is 0 Å². The van der Waals surface area contributed by atoms with E-state index in [0.717, 1.165) is 57.8 Å². The largest absolute Gasteiger partial charge is 0.500 e. The maximum absolute atomic E-state index is 8.06. The topological polar surface area (TPSA) is 72.9 Å². The first kappa shape index (κ1) is 43.2. The predicted molar refractivity (Wildman–Crippen MR) is 160 cm³/mol. The molecule has 0 heterocycles. The molecule has 8 nitrogen and oxygen atoms in total. The van der Waals surface area contributed by atoms with Crippen LogP contribution in [0.15, 0.2) is 0 Å². The maximum Gasteiger partial charge on any atom is 0.500 e. The Labute approximate surface area is 228 Å². The molecule has 0 aliphatic carbocycles. The van der Waals surface area contributed by atoms with Gasteiger partial charge in [0.25, 0.3) is 0 Å². The zero-order valence-corrected chi connectivity index (χ0v) is 27.6. The second kappa shape index (κ2) is 26.7. The second-order valence-electron chi connectivity index (χ2n) is 9.02. The maximum atomic E-state index is 8.06. The molecule has 0 fully saturated rings. The van der Waals surface area contributed by atoms with Crippen LogP contribution in [0.2, 0.25) is 17.6 Å². The molecule has 0 unspecified atom stereocenters. The highest BCUT2D eigenvalue weighted by Crippen LogP contribution is 2.27. The minimum atomic E-state index is -2.34. The number of rotatable bonds is 18. The number of hydrogen-bond acceptors (Lipinski definition) is 8. The molecule has 0 aliphatic heterocycles. The van der Waals surface area contributed by atoms with E-state index in [1.807, 2.05) is 0 Å². The fourth-order valence-electron chi connectivity index (χ4n) is 3.75. The molecule has 0 rings (SSSR count). The Kier molecular flexibility index (Phi) is 32.0. The van der Waals surface area contributed by atoms with Crippen molar-refractivity contribution in [3.63, 3.8) is 0 Å². The average molecular weight is 559 g/mol. The van der Waals surface area contributed by atoms with Crippen LogP contribution in [0.1, 0.15) is 75.7 Å². The Morgan fingerprint density at radius 2 is 0.917 bits per heavy atom. The molecular formula is C26H66N2O6Si2. The second-order valence-corrected chi connectivity index (χ2v) is 16.2. The molecule has 0 bridgehead atoms. The van der Waals surface area contributed by atoms with Crippen molar-refractivity contribution >= 4 is 17.4 Å². The molecule has 36 heavy (non-hydrogen) atoms. The van der Waals surface area contributed by atoms with Crippen molar-refractivity contribution in [1.29, 1.82) is 0 Å². The fourth-order valence-corrected chi connectivity index (χ4v) is 8.20. The number of aliphatic hydroxyl groups excluding tert-OH is 1. The molecule has 0 amide bonds. The van der Waals surface area contributed by atoms with Crippen molar-refractivity contribution in [3.05, 3.63) is 0 Å². The van der Waals surface area contributed by atoms with E-state index < -0.39 is 17.4 Å². The van der Waals surface area contributed by atoms with Gasteiger partial charge in [0.15, 0.2) is 0 Å². The van der Waals surface area contributed by atoms with Gasteiger partial charge in [0.1, 0.15) is 0 Å². The minimum Gasteiger partial charge on any atom is -0.397 e. The monoisotopic (exact) mass is 558 g/mol. The van der Waals surface area contributed by atoms with Gasteiger partial charge in [-0.15, -0.1) is 0 Å². The summed E-state index contributed by atoms with van der Waals surface area (Å²) < 4.78 is 27.5. The SMILES string of the molecule is C.CC(C)O.CCN(CC)CCC[Si](OC)(OC)C(C)C.CCN(CC)CCC[Si](OC)(OC)OC. The molecule has 0 aliphatic rings. The Hall–Kier alpha value is 0.114. The summed E-state index contributed by atoms with van der Waals surface area (Å²) >= 11 is 0. The standard InChI is InChI=1S/C12H29NO2Si.C10H25NO3Si.C3H8O.CH4/c1-7-13(8-2)10-9-11-16(14-5,15-6)12(3)4;1-6-11(7-2)9-8-10-15(12-3,13-4)14-5;1-3(2)4;/h12H,7-11H2,1-6H3;6-10H2,1-5H3;3-4H,1-2H3;1H4. The van der Waals surface area contributed by atoms with E-state index in [1.165, 1.54) is 6.42 Å². The molecule has 0 aromatic carbocycles. The van der Waals surface area contributed by atoms with Gasteiger partial charge in [0.2, 0.25) is 0 Å². The lowest BCUT2D eigenvalue weighted by Crippen LogP contribution is -2.43. The van der Waals surface area contributed by atoms with Gasteiger partial charge in [0, 0.05) is 47.7 Å². The highest BCUT2D eigenvalue weighted by Gasteiger charge is 2.39. The normalized spacial score (nSPS) is 11.8. The van der Waals surface area contributed by atoms with Gasteiger partial charge in [-0.3, -0.25) is 0 Å². The van der Waals surface area contributed by atoms with Crippen LogP contribution in [0.4, 0.5) is 0 Å². The van der Waals surface area contributed by atoms with Crippen molar-refractivity contribution < 1.29 is 27.2 Å². The Morgan fingerprint density at radius 3 is 1.14 bits per heavy atom.